The monoisotopic (exact) mass is 1130 g/mol. The third-order valence-corrected chi connectivity index (χ3v) is 14.2. The van der Waals surface area contributed by atoms with E-state index < -0.39 is 26.6 Å². The molecule has 0 heterocycles. The summed E-state index contributed by atoms with van der Waals surface area (Å²) in [5.41, 5.74) is 0. The van der Waals surface area contributed by atoms with Crippen molar-refractivity contribution in [2.75, 3.05) is 40.9 Å². The van der Waals surface area contributed by atoms with E-state index in [-0.39, 0.29) is 18.9 Å². The van der Waals surface area contributed by atoms with E-state index in [1.165, 1.54) is 89.9 Å². The number of nitrogens with one attached hydrogen (secondary N) is 1. The van der Waals surface area contributed by atoms with E-state index in [0.29, 0.717) is 23.9 Å². The second-order valence-corrected chi connectivity index (χ2v) is 23.4. The number of likely N-dealkylation sites (N-methyl/N-ethyl adjacent to an activating group) is 1. The minimum atomic E-state index is -4.63. The van der Waals surface area contributed by atoms with Crippen LogP contribution in [0, 0.1) is 0 Å². The molecule has 1 amide bonds. The number of amides is 1. The fourth-order valence-electron chi connectivity index (χ4n) is 8.27. The zero-order valence-corrected chi connectivity index (χ0v) is 52.6. The molecule has 80 heavy (non-hydrogen) atoms. The average molecular weight is 1130 g/mol. The number of rotatable bonds is 56. The van der Waals surface area contributed by atoms with Crippen LogP contribution in [0.4, 0.5) is 0 Å². The maximum Gasteiger partial charge on any atom is 0.268 e. The Morgan fingerprint density at radius 1 is 0.450 bits per heavy atom. The fraction of sp³-hybridized carbons (Fsp3) is 0.620. The van der Waals surface area contributed by atoms with Crippen molar-refractivity contribution in [3.8, 4) is 0 Å². The molecular formula is C71H119N2O6P. The van der Waals surface area contributed by atoms with Crippen molar-refractivity contribution < 1.29 is 32.9 Å². The first kappa shape index (κ1) is 76.1. The highest BCUT2D eigenvalue weighted by Crippen LogP contribution is 2.38. The minimum Gasteiger partial charge on any atom is -0.756 e. The highest BCUT2D eigenvalue weighted by atomic mass is 31.2. The van der Waals surface area contributed by atoms with Crippen LogP contribution in [0.1, 0.15) is 232 Å². The lowest BCUT2D eigenvalue weighted by Crippen LogP contribution is -2.45. The smallest absolute Gasteiger partial charge is 0.268 e. The number of hydrogen-bond acceptors (Lipinski definition) is 6. The Morgan fingerprint density at radius 3 is 1.16 bits per heavy atom. The molecule has 3 unspecified atom stereocenters. The molecule has 0 radical (unpaired) electrons. The number of phosphoric acid groups is 1. The highest BCUT2D eigenvalue weighted by molar-refractivity contribution is 7.45. The van der Waals surface area contributed by atoms with Crippen molar-refractivity contribution in [1.82, 2.24) is 5.32 Å². The van der Waals surface area contributed by atoms with Gasteiger partial charge in [-0.25, -0.2) is 0 Å². The van der Waals surface area contributed by atoms with Gasteiger partial charge in [0.15, 0.2) is 0 Å². The Bertz CT molecular complexity index is 1860. The lowest BCUT2D eigenvalue weighted by Gasteiger charge is -2.29. The summed E-state index contributed by atoms with van der Waals surface area (Å²) in [7, 11) is 1.19. The first-order valence-corrected chi connectivity index (χ1v) is 33.3. The number of aliphatic hydroxyl groups is 1. The molecule has 8 nitrogen and oxygen atoms in total. The molecule has 0 spiro atoms. The zero-order valence-electron chi connectivity index (χ0n) is 51.7. The topological polar surface area (TPSA) is 108 Å². The van der Waals surface area contributed by atoms with Crippen LogP contribution < -0.4 is 10.2 Å². The summed E-state index contributed by atoms with van der Waals surface area (Å²) >= 11 is 0. The summed E-state index contributed by atoms with van der Waals surface area (Å²) in [6.07, 6.45) is 93.4. The fourth-order valence-corrected chi connectivity index (χ4v) is 8.99. The molecule has 0 aromatic rings. The lowest BCUT2D eigenvalue weighted by molar-refractivity contribution is -0.870. The number of hydrogen-bond donors (Lipinski definition) is 2. The maximum atomic E-state index is 13.0. The number of carbonyl (C=O) groups excluding carboxylic acids is 1. The van der Waals surface area contributed by atoms with E-state index in [4.69, 9.17) is 9.05 Å². The van der Waals surface area contributed by atoms with Gasteiger partial charge in [-0.05, 0) is 122 Å². The van der Waals surface area contributed by atoms with Gasteiger partial charge in [-0.3, -0.25) is 9.36 Å². The van der Waals surface area contributed by atoms with Crippen molar-refractivity contribution in [3.63, 3.8) is 0 Å². The number of unbranched alkanes of at least 4 members (excludes halogenated alkanes) is 19. The predicted octanol–water partition coefficient (Wildman–Crippen LogP) is 19.6. The SMILES string of the molecule is CC/C=C\C/C=C\C/C=C\C/C=C\C/C=C\C/C=C\C/C=C\C/C=C\C/C=C\C/C=C\CCCCCCC(=O)NC(COP(=O)([O-])OCC[N+](C)(C)C)C(O)/C=C/CC/C=C/CC/C=C/CCCCCCCCCCCCCCC. The molecule has 0 aliphatic carbocycles. The first-order chi connectivity index (χ1) is 39.0. The van der Waals surface area contributed by atoms with Gasteiger partial charge in [0.25, 0.3) is 7.82 Å². The van der Waals surface area contributed by atoms with Gasteiger partial charge in [0, 0.05) is 6.42 Å². The first-order valence-electron chi connectivity index (χ1n) is 31.8. The largest absolute Gasteiger partial charge is 0.756 e. The molecule has 0 bridgehead atoms. The van der Waals surface area contributed by atoms with Crippen LogP contribution in [0.2, 0.25) is 0 Å². The number of carbonyl (C=O) groups is 1. The molecule has 0 aromatic carbocycles. The molecule has 9 heteroatoms. The Labute approximate surface area is 492 Å². The van der Waals surface area contributed by atoms with Crippen LogP contribution >= 0.6 is 7.82 Å². The Morgan fingerprint density at radius 2 is 0.775 bits per heavy atom. The van der Waals surface area contributed by atoms with Crippen molar-refractivity contribution in [2.24, 2.45) is 0 Å². The van der Waals surface area contributed by atoms with E-state index in [2.05, 4.69) is 165 Å². The van der Waals surface area contributed by atoms with Gasteiger partial charge in [-0.15, -0.1) is 0 Å². The normalized spacial score (nSPS) is 14.8. The lowest BCUT2D eigenvalue weighted by atomic mass is 10.0. The van der Waals surface area contributed by atoms with Gasteiger partial charge in [-0.1, -0.05) is 262 Å². The summed E-state index contributed by atoms with van der Waals surface area (Å²) in [4.78, 5) is 25.6. The van der Waals surface area contributed by atoms with Gasteiger partial charge < -0.3 is 28.8 Å². The van der Waals surface area contributed by atoms with Gasteiger partial charge in [0.05, 0.1) is 39.9 Å². The summed E-state index contributed by atoms with van der Waals surface area (Å²) < 4.78 is 23.3. The number of aliphatic hydroxyl groups excluding tert-OH is 1. The molecule has 2 N–H and O–H groups in total. The van der Waals surface area contributed by atoms with Crippen LogP contribution in [-0.2, 0) is 18.4 Å². The van der Waals surface area contributed by atoms with Gasteiger partial charge >= 0.3 is 0 Å². The molecule has 0 aliphatic rings. The number of quaternary nitrogens is 1. The van der Waals surface area contributed by atoms with E-state index in [1.54, 1.807) is 6.08 Å². The number of phosphoric ester groups is 1. The van der Waals surface area contributed by atoms with Gasteiger partial charge in [-0.2, -0.15) is 0 Å². The number of allylic oxidation sites excluding steroid dienone is 25. The van der Waals surface area contributed by atoms with Crippen LogP contribution in [-0.4, -0.2) is 68.5 Å². The van der Waals surface area contributed by atoms with Gasteiger partial charge in [0.2, 0.25) is 5.91 Å². The predicted molar refractivity (Wildman–Crippen MR) is 347 cm³/mol. The van der Waals surface area contributed by atoms with E-state index in [9.17, 15) is 19.4 Å². The molecule has 0 saturated carbocycles. The van der Waals surface area contributed by atoms with Crippen LogP contribution in [0.5, 0.6) is 0 Å². The van der Waals surface area contributed by atoms with Crippen molar-refractivity contribution in [2.45, 2.75) is 244 Å². The molecular weight excluding hydrogens is 1010 g/mol. The maximum absolute atomic E-state index is 13.0. The van der Waals surface area contributed by atoms with Gasteiger partial charge in [0.1, 0.15) is 13.2 Å². The molecule has 454 valence electrons. The molecule has 3 atom stereocenters. The van der Waals surface area contributed by atoms with E-state index in [1.807, 2.05) is 27.2 Å². The van der Waals surface area contributed by atoms with Crippen LogP contribution in [0.3, 0.4) is 0 Å². The second-order valence-electron chi connectivity index (χ2n) is 22.0. The standard InChI is InChI=1S/C71H119N2O6P/c1-6-8-10-12-14-16-18-20-22-24-26-28-30-31-32-33-34-35-36-37-38-39-40-41-43-45-47-49-51-53-55-57-59-61-63-65-71(75)72-69(68-79-80(76,77)78-67-66-73(3,4)5)70(74)64-62-60-58-56-54-52-50-48-46-44-42-29-27-25-23-21-19-17-15-13-11-9-7-2/h8,10,14,16,20,22,26,28,31-32,34-35,37-38,40-41,45-48,51,53-54,56,62,64,69-70,74H,6-7,9,11-13,15,17-19,21,23-25,27,29-30,33,36,39,42-44,49-50,52,55,57-61,63,65-68H2,1-5H3,(H-,72,75,76,77)/b10-8-,16-14-,22-20-,28-26-,32-31-,35-34-,38-37-,41-40-,47-45-,48-46+,53-51-,56-54+,64-62+. The molecule has 0 aliphatic heterocycles. The van der Waals surface area contributed by atoms with Crippen molar-refractivity contribution in [3.05, 3.63) is 158 Å². The van der Waals surface area contributed by atoms with Crippen LogP contribution in [0.15, 0.2) is 158 Å². The summed E-state index contributed by atoms with van der Waals surface area (Å²) in [6, 6.07) is -0.937. The summed E-state index contributed by atoms with van der Waals surface area (Å²) in [5, 5.41) is 13.9. The molecule has 0 fully saturated rings. The molecule has 0 aromatic heterocycles. The molecule has 0 saturated heterocycles. The van der Waals surface area contributed by atoms with Crippen molar-refractivity contribution >= 4 is 13.7 Å². The van der Waals surface area contributed by atoms with Crippen molar-refractivity contribution in [1.29, 1.82) is 0 Å². The Balaban J connectivity index is 4.33. The molecule has 0 rings (SSSR count). The van der Waals surface area contributed by atoms with E-state index >= 15 is 0 Å². The summed E-state index contributed by atoms with van der Waals surface area (Å²) in [6.45, 7) is 4.48. The minimum absolute atomic E-state index is 0.0233. The number of nitrogens with zero attached hydrogens (tertiary/aromatic N) is 1. The zero-order chi connectivity index (χ0) is 58.4. The highest BCUT2D eigenvalue weighted by Gasteiger charge is 2.23. The third-order valence-electron chi connectivity index (χ3n) is 13.2. The Hall–Kier alpha value is -3.88. The average Bonchev–Trinajstić information content (AvgIpc) is 3.42. The van der Waals surface area contributed by atoms with E-state index in [0.717, 1.165) is 109 Å². The van der Waals surface area contributed by atoms with Crippen LogP contribution in [0.25, 0.3) is 0 Å². The summed E-state index contributed by atoms with van der Waals surface area (Å²) in [5.74, 6) is -0.242. The Kier molecular flexibility index (Phi) is 56.8. The second kappa shape index (κ2) is 59.7. The third kappa shape index (κ3) is 61.7. The quantitative estimate of drug-likeness (QED) is 0.0272.